The summed E-state index contributed by atoms with van der Waals surface area (Å²) in [4.78, 5) is 12.2. The molecule has 1 N–H and O–H groups in total. The molecule has 1 aromatic carbocycles. The van der Waals surface area contributed by atoms with Gasteiger partial charge in [-0.2, -0.15) is 11.8 Å². The summed E-state index contributed by atoms with van der Waals surface area (Å²) >= 11 is 11.2. The lowest BCUT2D eigenvalue weighted by atomic mass is 9.94. The van der Waals surface area contributed by atoms with E-state index in [-0.39, 0.29) is 5.91 Å². The number of amides is 1. The fraction of sp³-hybridized carbons (Fsp3) is 0.500. The summed E-state index contributed by atoms with van der Waals surface area (Å²) in [6, 6.07) is 5.55. The van der Waals surface area contributed by atoms with Gasteiger partial charge in [-0.3, -0.25) is 4.79 Å². The Labute approximate surface area is 131 Å². The number of hydrogen-bond acceptors (Lipinski definition) is 2. The van der Waals surface area contributed by atoms with E-state index in [4.69, 9.17) is 11.6 Å². The van der Waals surface area contributed by atoms with Gasteiger partial charge < -0.3 is 5.32 Å². The lowest BCUT2D eigenvalue weighted by molar-refractivity contribution is 0.0927. The van der Waals surface area contributed by atoms with E-state index >= 15 is 0 Å². The molecule has 2 unspecified atom stereocenters. The van der Waals surface area contributed by atoms with E-state index in [1.807, 2.05) is 11.8 Å². The predicted octanol–water partition coefficient (Wildman–Crippen LogP) is 4.51. The Morgan fingerprint density at radius 2 is 2.26 bits per heavy atom. The molecule has 2 rings (SSSR count). The molecule has 1 aromatic rings. The normalized spacial score (nSPS) is 23.1. The van der Waals surface area contributed by atoms with Gasteiger partial charge in [-0.25, -0.2) is 0 Å². The van der Waals surface area contributed by atoms with Crippen molar-refractivity contribution in [3.05, 3.63) is 33.3 Å². The second-order valence-corrected chi connectivity index (χ2v) is 7.25. The Bertz CT molecular complexity index is 469. The van der Waals surface area contributed by atoms with Crippen LogP contribution in [0.1, 0.15) is 36.0 Å². The largest absolute Gasteiger partial charge is 0.349 e. The van der Waals surface area contributed by atoms with Crippen LogP contribution >= 0.6 is 39.3 Å². The van der Waals surface area contributed by atoms with E-state index < -0.39 is 0 Å². The summed E-state index contributed by atoms with van der Waals surface area (Å²) in [5.41, 5.74) is 0.649. The Kier molecular flexibility index (Phi) is 5.60. The minimum atomic E-state index is -0.0182. The SMILES string of the molecule is CSC1CCCC(NC(=O)c2ccc(Cl)cc2Br)C1. The molecule has 19 heavy (non-hydrogen) atoms. The molecule has 0 spiro atoms. The Balaban J connectivity index is 2.00. The minimum Gasteiger partial charge on any atom is -0.349 e. The van der Waals surface area contributed by atoms with Gasteiger partial charge in [0, 0.05) is 20.8 Å². The van der Waals surface area contributed by atoms with Gasteiger partial charge in [0.05, 0.1) is 5.56 Å². The summed E-state index contributed by atoms with van der Waals surface area (Å²) in [6.45, 7) is 0. The lowest BCUT2D eigenvalue weighted by Crippen LogP contribution is -2.39. The molecule has 0 bridgehead atoms. The van der Waals surface area contributed by atoms with Crippen molar-refractivity contribution < 1.29 is 4.79 Å². The van der Waals surface area contributed by atoms with E-state index in [0.29, 0.717) is 21.9 Å². The topological polar surface area (TPSA) is 29.1 Å². The summed E-state index contributed by atoms with van der Waals surface area (Å²) < 4.78 is 0.745. The monoisotopic (exact) mass is 361 g/mol. The molecule has 1 aliphatic rings. The second-order valence-electron chi connectivity index (χ2n) is 4.82. The van der Waals surface area contributed by atoms with Gasteiger partial charge in [-0.15, -0.1) is 0 Å². The van der Waals surface area contributed by atoms with Crippen LogP contribution in [-0.2, 0) is 0 Å². The fourth-order valence-electron chi connectivity index (χ4n) is 2.43. The van der Waals surface area contributed by atoms with Gasteiger partial charge in [0.1, 0.15) is 0 Å². The van der Waals surface area contributed by atoms with E-state index in [2.05, 4.69) is 27.5 Å². The van der Waals surface area contributed by atoms with Gasteiger partial charge in [0.25, 0.3) is 5.91 Å². The third-order valence-electron chi connectivity index (χ3n) is 3.47. The molecule has 1 amide bonds. The van der Waals surface area contributed by atoms with Crippen LogP contribution in [0, 0.1) is 0 Å². The van der Waals surface area contributed by atoms with Crippen LogP contribution in [0.4, 0.5) is 0 Å². The molecule has 104 valence electrons. The van der Waals surface area contributed by atoms with E-state index in [0.717, 1.165) is 17.3 Å². The highest BCUT2D eigenvalue weighted by Gasteiger charge is 2.23. The lowest BCUT2D eigenvalue weighted by Gasteiger charge is -2.28. The average Bonchev–Trinajstić information content (AvgIpc) is 2.38. The first kappa shape index (κ1) is 15.2. The first-order chi connectivity index (χ1) is 9.10. The molecular formula is C14H17BrClNOS. The van der Waals surface area contributed by atoms with Crippen molar-refractivity contribution in [3.63, 3.8) is 0 Å². The van der Waals surface area contributed by atoms with Crippen molar-refractivity contribution in [2.45, 2.75) is 37.0 Å². The zero-order valence-corrected chi connectivity index (χ0v) is 13.9. The van der Waals surface area contributed by atoms with Crippen molar-refractivity contribution in [2.75, 3.05) is 6.26 Å². The van der Waals surface area contributed by atoms with Gasteiger partial charge in [-0.1, -0.05) is 18.0 Å². The molecule has 1 fully saturated rings. The minimum absolute atomic E-state index is 0.0182. The van der Waals surface area contributed by atoms with Gasteiger partial charge in [0.15, 0.2) is 0 Å². The molecule has 0 heterocycles. The molecule has 0 aliphatic heterocycles. The second kappa shape index (κ2) is 7.00. The predicted molar refractivity (Wildman–Crippen MR) is 86.2 cm³/mol. The van der Waals surface area contributed by atoms with Crippen LogP contribution in [0.25, 0.3) is 0 Å². The summed E-state index contributed by atoms with van der Waals surface area (Å²) in [7, 11) is 0. The third-order valence-corrected chi connectivity index (χ3v) is 5.46. The highest BCUT2D eigenvalue weighted by atomic mass is 79.9. The number of hydrogen-bond donors (Lipinski definition) is 1. The number of nitrogens with one attached hydrogen (secondary N) is 1. The van der Waals surface area contributed by atoms with E-state index in [9.17, 15) is 4.79 Å². The number of rotatable bonds is 3. The first-order valence-corrected chi connectivity index (χ1v) is 8.84. The molecule has 5 heteroatoms. The van der Waals surface area contributed by atoms with Crippen molar-refractivity contribution >= 4 is 45.2 Å². The van der Waals surface area contributed by atoms with Gasteiger partial charge in [0.2, 0.25) is 0 Å². The molecular weight excluding hydrogens is 346 g/mol. The third kappa shape index (κ3) is 4.14. The van der Waals surface area contributed by atoms with E-state index in [1.54, 1.807) is 18.2 Å². The number of thioether (sulfide) groups is 1. The van der Waals surface area contributed by atoms with E-state index in [1.165, 1.54) is 12.8 Å². The van der Waals surface area contributed by atoms with Crippen LogP contribution < -0.4 is 5.32 Å². The van der Waals surface area contributed by atoms with Gasteiger partial charge >= 0.3 is 0 Å². The zero-order chi connectivity index (χ0) is 13.8. The maximum atomic E-state index is 12.2. The molecule has 0 aromatic heterocycles. The summed E-state index contributed by atoms with van der Waals surface area (Å²) in [5.74, 6) is -0.0182. The summed E-state index contributed by atoms with van der Waals surface area (Å²) in [6.07, 6.45) is 6.74. The average molecular weight is 363 g/mol. The number of benzene rings is 1. The number of halogens is 2. The molecule has 2 atom stereocenters. The summed E-state index contributed by atoms with van der Waals surface area (Å²) in [5, 5.41) is 4.44. The standard InChI is InChI=1S/C14H17BrClNOS/c1-19-11-4-2-3-10(8-11)17-14(18)12-6-5-9(16)7-13(12)15/h5-7,10-11H,2-4,8H2,1H3,(H,17,18). The maximum absolute atomic E-state index is 12.2. The molecule has 1 aliphatic carbocycles. The number of carbonyl (C=O) groups is 1. The van der Waals surface area contributed by atoms with Crippen molar-refractivity contribution in [1.29, 1.82) is 0 Å². The Morgan fingerprint density at radius 3 is 2.95 bits per heavy atom. The number of carbonyl (C=O) groups excluding carboxylic acids is 1. The fourth-order valence-corrected chi connectivity index (χ4v) is 4.12. The van der Waals surface area contributed by atoms with Crippen LogP contribution in [0.3, 0.4) is 0 Å². The molecule has 0 radical (unpaired) electrons. The van der Waals surface area contributed by atoms with Crippen molar-refractivity contribution in [1.82, 2.24) is 5.32 Å². The highest BCUT2D eigenvalue weighted by Crippen LogP contribution is 2.27. The smallest absolute Gasteiger partial charge is 0.252 e. The quantitative estimate of drug-likeness (QED) is 0.857. The first-order valence-electron chi connectivity index (χ1n) is 6.39. The zero-order valence-electron chi connectivity index (χ0n) is 10.8. The Morgan fingerprint density at radius 1 is 1.47 bits per heavy atom. The molecule has 0 saturated heterocycles. The van der Waals surface area contributed by atoms with Gasteiger partial charge in [-0.05, 0) is 59.6 Å². The maximum Gasteiger partial charge on any atom is 0.252 e. The van der Waals surface area contributed by atoms with Crippen LogP contribution in [0.5, 0.6) is 0 Å². The molecule has 1 saturated carbocycles. The Hall–Kier alpha value is -0.190. The van der Waals surface area contributed by atoms with Crippen molar-refractivity contribution in [2.24, 2.45) is 0 Å². The highest BCUT2D eigenvalue weighted by molar-refractivity contribution is 9.10. The van der Waals surface area contributed by atoms with Crippen LogP contribution in [0.2, 0.25) is 5.02 Å². The molecule has 2 nitrogen and oxygen atoms in total. The van der Waals surface area contributed by atoms with Crippen LogP contribution in [0.15, 0.2) is 22.7 Å². The van der Waals surface area contributed by atoms with Crippen molar-refractivity contribution in [3.8, 4) is 0 Å². The van der Waals surface area contributed by atoms with Crippen LogP contribution in [-0.4, -0.2) is 23.5 Å².